The van der Waals surface area contributed by atoms with Crippen LogP contribution < -0.4 is 4.74 Å². The second-order valence-corrected chi connectivity index (χ2v) is 4.51. The first-order chi connectivity index (χ1) is 7.67. The van der Waals surface area contributed by atoms with Crippen LogP contribution in [0.1, 0.15) is 24.5 Å². The van der Waals surface area contributed by atoms with Crippen LogP contribution in [0.25, 0.3) is 0 Å². The van der Waals surface area contributed by atoms with Gasteiger partial charge in [-0.1, -0.05) is 6.07 Å². The number of nitrogens with zero attached hydrogens (tertiary/aromatic N) is 1. The summed E-state index contributed by atoms with van der Waals surface area (Å²) in [5.74, 6) is 0.890. The van der Waals surface area contributed by atoms with Crippen molar-refractivity contribution in [2.75, 3.05) is 7.11 Å². The van der Waals surface area contributed by atoms with E-state index in [4.69, 9.17) is 4.74 Å². The molecule has 84 valence electrons. The third-order valence-corrected chi connectivity index (χ3v) is 3.23. The Morgan fingerprint density at radius 3 is 2.94 bits per heavy atom. The van der Waals surface area contributed by atoms with Crippen molar-refractivity contribution in [3.05, 3.63) is 29.3 Å². The smallest absolute Gasteiger partial charge is 0.235 e. The van der Waals surface area contributed by atoms with Crippen LogP contribution in [0.4, 0.5) is 0 Å². The number of benzene rings is 1. The Balaban J connectivity index is 2.31. The molecule has 0 amide bonds. The van der Waals surface area contributed by atoms with Crippen molar-refractivity contribution >= 4 is 6.08 Å². The number of hydrogen-bond acceptors (Lipinski definition) is 3. The number of ether oxygens (including phenoxy) is 1. The lowest BCUT2D eigenvalue weighted by Crippen LogP contribution is -2.30. The second-order valence-electron chi connectivity index (χ2n) is 4.51. The number of aryl methyl sites for hydroxylation is 1. The predicted molar refractivity (Wildman–Crippen MR) is 61.5 cm³/mol. The number of rotatable bonds is 2. The molecule has 2 rings (SSSR count). The maximum atomic E-state index is 10.4. The molecule has 3 nitrogen and oxygen atoms in total. The van der Waals surface area contributed by atoms with Crippen LogP contribution in [0.2, 0.25) is 0 Å². The highest BCUT2D eigenvalue weighted by molar-refractivity contribution is 5.41. The minimum absolute atomic E-state index is 0.274. The highest BCUT2D eigenvalue weighted by Crippen LogP contribution is 2.32. The monoisotopic (exact) mass is 217 g/mol. The van der Waals surface area contributed by atoms with Gasteiger partial charge >= 0.3 is 0 Å². The molecule has 0 saturated heterocycles. The fourth-order valence-corrected chi connectivity index (χ4v) is 2.24. The predicted octanol–water partition coefficient (Wildman–Crippen LogP) is 2.28. The summed E-state index contributed by atoms with van der Waals surface area (Å²) in [4.78, 5) is 14.3. The molecule has 1 aromatic rings. The number of hydrogen-bond donors (Lipinski definition) is 0. The van der Waals surface area contributed by atoms with Gasteiger partial charge in [0, 0.05) is 0 Å². The van der Waals surface area contributed by atoms with Crippen molar-refractivity contribution in [1.29, 1.82) is 0 Å². The minimum Gasteiger partial charge on any atom is -0.497 e. The Morgan fingerprint density at radius 2 is 2.25 bits per heavy atom. The molecule has 0 radical (unpaired) electrons. The van der Waals surface area contributed by atoms with E-state index >= 15 is 0 Å². The number of methoxy groups -OCH3 is 1. The zero-order valence-electron chi connectivity index (χ0n) is 9.62. The van der Waals surface area contributed by atoms with E-state index in [1.165, 1.54) is 11.1 Å². The zero-order valence-corrected chi connectivity index (χ0v) is 9.62. The highest BCUT2D eigenvalue weighted by Gasteiger charge is 2.29. The summed E-state index contributed by atoms with van der Waals surface area (Å²) in [7, 11) is 1.67. The zero-order chi connectivity index (χ0) is 11.6. The summed E-state index contributed by atoms with van der Waals surface area (Å²) < 4.78 is 5.19. The second kappa shape index (κ2) is 4.11. The topological polar surface area (TPSA) is 38.7 Å². The number of carbonyl (C=O) groups excluding carboxylic acids is 1. The minimum atomic E-state index is -0.274. The average Bonchev–Trinajstić information content (AvgIpc) is 2.28. The van der Waals surface area contributed by atoms with Crippen LogP contribution in [0.3, 0.4) is 0 Å². The van der Waals surface area contributed by atoms with Gasteiger partial charge in [0.15, 0.2) is 0 Å². The van der Waals surface area contributed by atoms with Gasteiger partial charge in [0.05, 0.1) is 12.6 Å². The molecule has 16 heavy (non-hydrogen) atoms. The maximum Gasteiger partial charge on any atom is 0.235 e. The summed E-state index contributed by atoms with van der Waals surface area (Å²) in [6.07, 6.45) is 4.32. The van der Waals surface area contributed by atoms with Gasteiger partial charge < -0.3 is 4.74 Å². The van der Waals surface area contributed by atoms with Crippen molar-refractivity contribution in [2.45, 2.75) is 31.7 Å². The molecule has 0 fully saturated rings. The molecule has 0 saturated carbocycles. The molecule has 3 heteroatoms. The summed E-state index contributed by atoms with van der Waals surface area (Å²) in [5.41, 5.74) is 2.29. The van der Waals surface area contributed by atoms with E-state index in [0.29, 0.717) is 0 Å². The lowest BCUT2D eigenvalue weighted by atomic mass is 9.79. The molecule has 1 aliphatic carbocycles. The first-order valence-electron chi connectivity index (χ1n) is 5.42. The molecule has 0 bridgehead atoms. The molecular formula is C13H15NO2. The largest absolute Gasteiger partial charge is 0.497 e. The Hall–Kier alpha value is -1.60. The lowest BCUT2D eigenvalue weighted by Gasteiger charge is -2.30. The average molecular weight is 217 g/mol. The fourth-order valence-electron chi connectivity index (χ4n) is 2.24. The fraction of sp³-hybridized carbons (Fsp3) is 0.462. The summed E-state index contributed by atoms with van der Waals surface area (Å²) in [5, 5.41) is 0. The van der Waals surface area contributed by atoms with Gasteiger partial charge in [0.1, 0.15) is 5.75 Å². The standard InChI is InChI=1S/C13H15NO2/c1-13(14-9-15)6-5-10-7-12(16-2)4-3-11(10)8-13/h3-4,7H,5-6,8H2,1-2H3. The molecule has 1 atom stereocenters. The van der Waals surface area contributed by atoms with Gasteiger partial charge in [-0.25, -0.2) is 4.79 Å². The molecular weight excluding hydrogens is 202 g/mol. The number of aliphatic imine (C=N–C) groups is 1. The SMILES string of the molecule is COc1ccc2c(c1)CCC(C)(N=C=O)C2. The van der Waals surface area contributed by atoms with Gasteiger partial charge in [-0.2, -0.15) is 4.99 Å². The number of isocyanates is 1. The third-order valence-electron chi connectivity index (χ3n) is 3.23. The first kappa shape index (κ1) is 10.9. The van der Waals surface area contributed by atoms with Crippen molar-refractivity contribution in [2.24, 2.45) is 4.99 Å². The Labute approximate surface area is 95.2 Å². The molecule has 0 spiro atoms. The van der Waals surface area contributed by atoms with E-state index < -0.39 is 0 Å². The van der Waals surface area contributed by atoms with Crippen LogP contribution in [0, 0.1) is 0 Å². The van der Waals surface area contributed by atoms with Crippen LogP contribution in [-0.4, -0.2) is 18.7 Å². The van der Waals surface area contributed by atoms with Gasteiger partial charge in [-0.3, -0.25) is 0 Å². The molecule has 0 aliphatic heterocycles. The molecule has 1 unspecified atom stereocenters. The molecule has 0 aromatic heterocycles. The van der Waals surface area contributed by atoms with E-state index in [0.717, 1.165) is 25.0 Å². The van der Waals surface area contributed by atoms with Gasteiger partial charge in [-0.15, -0.1) is 0 Å². The maximum absolute atomic E-state index is 10.4. The van der Waals surface area contributed by atoms with E-state index in [9.17, 15) is 4.79 Å². The van der Waals surface area contributed by atoms with E-state index in [1.54, 1.807) is 13.2 Å². The Bertz CT molecular complexity index is 449. The van der Waals surface area contributed by atoms with Crippen LogP contribution in [0.5, 0.6) is 5.75 Å². The van der Waals surface area contributed by atoms with Crippen LogP contribution >= 0.6 is 0 Å². The highest BCUT2D eigenvalue weighted by atomic mass is 16.5. The Morgan fingerprint density at radius 1 is 1.44 bits per heavy atom. The van der Waals surface area contributed by atoms with Crippen LogP contribution in [-0.2, 0) is 17.6 Å². The first-order valence-corrected chi connectivity index (χ1v) is 5.42. The van der Waals surface area contributed by atoms with Crippen molar-refractivity contribution < 1.29 is 9.53 Å². The molecule has 0 heterocycles. The van der Waals surface area contributed by atoms with Gasteiger partial charge in [-0.05, 0) is 49.4 Å². The lowest BCUT2D eigenvalue weighted by molar-refractivity contribution is 0.398. The van der Waals surface area contributed by atoms with E-state index in [-0.39, 0.29) is 5.54 Å². The van der Waals surface area contributed by atoms with E-state index in [2.05, 4.69) is 17.1 Å². The van der Waals surface area contributed by atoms with Crippen LogP contribution in [0.15, 0.2) is 23.2 Å². The van der Waals surface area contributed by atoms with Crippen molar-refractivity contribution in [3.63, 3.8) is 0 Å². The summed E-state index contributed by atoms with van der Waals surface area (Å²) >= 11 is 0. The summed E-state index contributed by atoms with van der Waals surface area (Å²) in [6.45, 7) is 2.01. The quantitative estimate of drug-likeness (QED) is 0.563. The molecule has 1 aliphatic rings. The Kier molecular flexibility index (Phi) is 2.80. The van der Waals surface area contributed by atoms with E-state index in [1.807, 2.05) is 13.0 Å². The normalized spacial score (nSPS) is 23.1. The molecule has 1 aromatic carbocycles. The molecule has 0 N–H and O–H groups in total. The number of fused-ring (bicyclic) bond motifs is 1. The van der Waals surface area contributed by atoms with Gasteiger partial charge in [0.2, 0.25) is 6.08 Å². The third kappa shape index (κ3) is 2.00. The van der Waals surface area contributed by atoms with Crippen molar-refractivity contribution in [1.82, 2.24) is 0 Å². The summed E-state index contributed by atoms with van der Waals surface area (Å²) in [6, 6.07) is 6.08. The van der Waals surface area contributed by atoms with Gasteiger partial charge in [0.25, 0.3) is 0 Å². The van der Waals surface area contributed by atoms with Crippen molar-refractivity contribution in [3.8, 4) is 5.75 Å².